The number of amides is 1. The number of hydrogen-bond donors (Lipinski definition) is 0. The molecule has 0 aliphatic carbocycles. The van der Waals surface area contributed by atoms with Crippen molar-refractivity contribution < 1.29 is 18.0 Å². The Morgan fingerprint density at radius 3 is 2.12 bits per heavy atom. The van der Waals surface area contributed by atoms with Crippen LogP contribution in [0.5, 0.6) is 0 Å². The first-order valence-corrected chi connectivity index (χ1v) is 14.2. The molecule has 4 aromatic rings. The molecule has 6 nitrogen and oxygen atoms in total. The smallest absolute Gasteiger partial charge is 0.276 e. The van der Waals surface area contributed by atoms with E-state index in [0.717, 1.165) is 29.4 Å². The molecule has 1 aliphatic heterocycles. The quantitative estimate of drug-likeness (QED) is 0.240. The van der Waals surface area contributed by atoms with Crippen LogP contribution in [-0.4, -0.2) is 56.1 Å². The molecular weight excluding hydrogens is 534 g/mol. The summed E-state index contributed by atoms with van der Waals surface area (Å²) in [6, 6.07) is 22.4. The predicted octanol–water partition coefficient (Wildman–Crippen LogP) is 7.45. The highest BCUT2D eigenvalue weighted by atomic mass is 19.3. The first-order valence-electron chi connectivity index (χ1n) is 14.2. The maximum absolute atomic E-state index is 13.9. The van der Waals surface area contributed by atoms with Gasteiger partial charge in [-0.25, -0.2) is 13.8 Å². The van der Waals surface area contributed by atoms with Crippen LogP contribution in [0.2, 0.25) is 0 Å². The van der Waals surface area contributed by atoms with E-state index in [9.17, 15) is 13.6 Å². The Bertz CT molecular complexity index is 1560. The summed E-state index contributed by atoms with van der Waals surface area (Å²) in [5.41, 5.74) is 4.72. The van der Waals surface area contributed by atoms with Gasteiger partial charge >= 0.3 is 0 Å². The molecule has 0 bridgehead atoms. The van der Waals surface area contributed by atoms with Crippen molar-refractivity contribution in [2.75, 3.05) is 50.1 Å². The molecule has 0 unspecified atom stereocenters. The van der Waals surface area contributed by atoms with Crippen LogP contribution in [0.4, 0.5) is 20.2 Å². The van der Waals surface area contributed by atoms with Crippen molar-refractivity contribution in [2.45, 2.75) is 39.0 Å². The summed E-state index contributed by atoms with van der Waals surface area (Å²) in [7, 11) is 3.93. The fourth-order valence-electron chi connectivity index (χ4n) is 5.12. The molecule has 3 aromatic carbocycles. The van der Waals surface area contributed by atoms with Crippen LogP contribution in [0.15, 0.2) is 77.2 Å². The summed E-state index contributed by atoms with van der Waals surface area (Å²) >= 11 is 0. The summed E-state index contributed by atoms with van der Waals surface area (Å²) in [6.45, 7) is 9.31. The lowest BCUT2D eigenvalue weighted by molar-refractivity contribution is 0.0175. The Hall–Kier alpha value is -4.20. The third kappa shape index (κ3) is 6.17. The fourth-order valence-corrected chi connectivity index (χ4v) is 5.12. The lowest BCUT2D eigenvalue weighted by Gasteiger charge is -2.36. The number of halogens is 2. The van der Waals surface area contributed by atoms with Crippen molar-refractivity contribution in [2.24, 2.45) is 0 Å². The van der Waals surface area contributed by atoms with Crippen LogP contribution in [0.1, 0.15) is 49.3 Å². The zero-order valence-corrected chi connectivity index (χ0v) is 25.1. The molecule has 0 N–H and O–H groups in total. The molecular formula is C34H38F2N4O2. The minimum absolute atomic E-state index is 0.00883. The molecule has 1 amide bonds. The number of anilines is 2. The number of hydrogen-bond acceptors (Lipinski definition) is 5. The second kappa shape index (κ2) is 11.2. The van der Waals surface area contributed by atoms with Gasteiger partial charge in [-0.05, 0) is 47.4 Å². The molecule has 1 aliphatic rings. The SMILES string of the molecule is CN(C)c1cccc(-c2oc(-c3ccc(C(C)(C)C)cc3)nc2C(=O)N2CCN(c3cccc(C(C)(F)F)c3)CC2)c1. The summed E-state index contributed by atoms with van der Waals surface area (Å²) in [5.74, 6) is -2.31. The van der Waals surface area contributed by atoms with Crippen molar-refractivity contribution in [1.82, 2.24) is 9.88 Å². The zero-order chi connectivity index (χ0) is 30.2. The minimum Gasteiger partial charge on any atom is -0.435 e. The van der Waals surface area contributed by atoms with Gasteiger partial charge in [0.1, 0.15) is 0 Å². The van der Waals surface area contributed by atoms with Crippen LogP contribution < -0.4 is 9.80 Å². The van der Waals surface area contributed by atoms with Gasteiger partial charge in [-0.3, -0.25) is 4.79 Å². The standard InChI is InChI=1S/C34H38F2N4O2/c1-33(2,3)25-15-13-23(14-16-25)31-37-29(30(42-31)24-9-7-11-27(21-24)38(5)6)32(41)40-19-17-39(18-20-40)28-12-8-10-26(22-28)34(4,35)36/h7-16,21-22H,17-20H2,1-6H3. The van der Waals surface area contributed by atoms with Gasteiger partial charge in [0.25, 0.3) is 11.8 Å². The maximum Gasteiger partial charge on any atom is 0.276 e. The summed E-state index contributed by atoms with van der Waals surface area (Å²) < 4.78 is 34.2. The molecule has 0 saturated carbocycles. The van der Waals surface area contributed by atoms with Crippen molar-refractivity contribution in [3.63, 3.8) is 0 Å². The zero-order valence-electron chi connectivity index (χ0n) is 25.1. The van der Waals surface area contributed by atoms with Gasteiger partial charge in [-0.15, -0.1) is 0 Å². The molecule has 42 heavy (non-hydrogen) atoms. The van der Waals surface area contributed by atoms with Crippen LogP contribution in [-0.2, 0) is 11.3 Å². The fraction of sp³-hybridized carbons (Fsp3) is 0.353. The lowest BCUT2D eigenvalue weighted by Crippen LogP contribution is -2.49. The largest absolute Gasteiger partial charge is 0.435 e. The third-order valence-electron chi connectivity index (χ3n) is 7.74. The monoisotopic (exact) mass is 572 g/mol. The topological polar surface area (TPSA) is 52.8 Å². The molecule has 220 valence electrons. The Labute approximate surface area is 246 Å². The summed E-state index contributed by atoms with van der Waals surface area (Å²) in [5, 5.41) is 0. The Morgan fingerprint density at radius 1 is 0.833 bits per heavy atom. The molecule has 0 spiro atoms. The van der Waals surface area contributed by atoms with Crippen molar-refractivity contribution >= 4 is 17.3 Å². The number of carbonyl (C=O) groups excluding carboxylic acids is 1. The Kier molecular flexibility index (Phi) is 7.84. The predicted molar refractivity (Wildman–Crippen MR) is 165 cm³/mol. The average Bonchev–Trinajstić information content (AvgIpc) is 3.42. The van der Waals surface area contributed by atoms with Crippen molar-refractivity contribution in [3.05, 3.63) is 89.6 Å². The van der Waals surface area contributed by atoms with Crippen LogP contribution in [0.25, 0.3) is 22.8 Å². The van der Waals surface area contributed by atoms with E-state index in [-0.39, 0.29) is 22.6 Å². The van der Waals surface area contributed by atoms with Crippen LogP contribution >= 0.6 is 0 Å². The van der Waals surface area contributed by atoms with E-state index in [1.807, 2.05) is 66.4 Å². The molecule has 0 atom stereocenters. The van der Waals surface area contributed by atoms with Crippen molar-refractivity contribution in [3.8, 4) is 22.8 Å². The van der Waals surface area contributed by atoms with Gasteiger partial charge in [0.15, 0.2) is 11.5 Å². The highest BCUT2D eigenvalue weighted by Crippen LogP contribution is 2.34. The van der Waals surface area contributed by atoms with Gasteiger partial charge in [0, 0.05) is 75.3 Å². The maximum atomic E-state index is 13.9. The van der Waals surface area contributed by atoms with Gasteiger partial charge in [0.05, 0.1) is 0 Å². The van der Waals surface area contributed by atoms with E-state index in [1.165, 1.54) is 17.7 Å². The summed E-state index contributed by atoms with van der Waals surface area (Å²) in [4.78, 5) is 24.5. The number of nitrogens with zero attached hydrogens (tertiary/aromatic N) is 4. The van der Waals surface area contributed by atoms with Gasteiger partial charge in [-0.1, -0.05) is 57.2 Å². The number of aromatic nitrogens is 1. The minimum atomic E-state index is -2.91. The lowest BCUT2D eigenvalue weighted by atomic mass is 9.87. The Morgan fingerprint density at radius 2 is 1.50 bits per heavy atom. The van der Waals surface area contributed by atoms with E-state index in [2.05, 4.69) is 32.9 Å². The van der Waals surface area contributed by atoms with Gasteiger partial charge in [-0.2, -0.15) is 0 Å². The molecule has 5 rings (SSSR count). The second-order valence-electron chi connectivity index (χ2n) is 12.2. The molecule has 8 heteroatoms. The van der Waals surface area contributed by atoms with Crippen molar-refractivity contribution in [1.29, 1.82) is 0 Å². The van der Waals surface area contributed by atoms with Crippen LogP contribution in [0.3, 0.4) is 0 Å². The number of alkyl halides is 2. The first-order chi connectivity index (χ1) is 19.8. The summed E-state index contributed by atoms with van der Waals surface area (Å²) in [6.07, 6.45) is 0. The number of oxazole rings is 1. The van der Waals surface area contributed by atoms with E-state index >= 15 is 0 Å². The first kappa shape index (κ1) is 29.3. The third-order valence-corrected chi connectivity index (χ3v) is 7.74. The number of benzene rings is 3. The van der Waals surface area contributed by atoms with E-state index in [4.69, 9.17) is 9.40 Å². The van der Waals surface area contributed by atoms with E-state index in [1.54, 1.807) is 11.0 Å². The molecule has 1 saturated heterocycles. The van der Waals surface area contributed by atoms with E-state index < -0.39 is 5.92 Å². The molecule has 2 heterocycles. The van der Waals surface area contributed by atoms with E-state index in [0.29, 0.717) is 37.8 Å². The molecule has 0 radical (unpaired) electrons. The average molecular weight is 573 g/mol. The number of piperazine rings is 1. The van der Waals surface area contributed by atoms with Gasteiger partial charge < -0.3 is 19.1 Å². The number of carbonyl (C=O) groups is 1. The molecule has 1 aromatic heterocycles. The second-order valence-corrected chi connectivity index (χ2v) is 12.2. The van der Waals surface area contributed by atoms with Crippen LogP contribution in [0, 0.1) is 0 Å². The highest BCUT2D eigenvalue weighted by Gasteiger charge is 2.30. The normalized spacial score (nSPS) is 14.3. The number of rotatable bonds is 6. The highest BCUT2D eigenvalue weighted by molar-refractivity contribution is 5.98. The molecule has 1 fully saturated rings. The Balaban J connectivity index is 1.44. The van der Waals surface area contributed by atoms with Gasteiger partial charge in [0.2, 0.25) is 5.89 Å².